The Bertz CT molecular complexity index is 948. The highest BCUT2D eigenvalue weighted by Crippen LogP contribution is 2.33. The lowest BCUT2D eigenvalue weighted by atomic mass is 9.97. The number of hydrogen-bond acceptors (Lipinski definition) is 4. The molecule has 4 rings (SSSR count). The number of aryl methyl sites for hydroxylation is 2. The van der Waals surface area contributed by atoms with Gasteiger partial charge < -0.3 is 4.98 Å². The zero-order chi connectivity index (χ0) is 16.5. The lowest BCUT2D eigenvalue weighted by Crippen LogP contribution is -2.12. The van der Waals surface area contributed by atoms with Crippen molar-refractivity contribution in [3.63, 3.8) is 0 Å². The minimum absolute atomic E-state index is 0.0270. The molecule has 0 radical (unpaired) electrons. The van der Waals surface area contributed by atoms with E-state index in [1.807, 2.05) is 6.07 Å². The Morgan fingerprint density at radius 1 is 1.21 bits per heavy atom. The van der Waals surface area contributed by atoms with E-state index >= 15 is 0 Å². The van der Waals surface area contributed by atoms with Gasteiger partial charge in [0.15, 0.2) is 0 Å². The summed E-state index contributed by atoms with van der Waals surface area (Å²) in [6, 6.07) is 6.78. The minimum Gasteiger partial charge on any atom is -0.309 e. The summed E-state index contributed by atoms with van der Waals surface area (Å²) in [6.07, 6.45) is 4.40. The lowest BCUT2D eigenvalue weighted by molar-refractivity contribution is 0.617. The third-order valence-electron chi connectivity index (χ3n) is 4.33. The highest BCUT2D eigenvalue weighted by Gasteiger charge is 2.19. The molecule has 0 saturated carbocycles. The first-order chi connectivity index (χ1) is 11.7. The molecule has 0 aliphatic heterocycles. The van der Waals surface area contributed by atoms with Crippen molar-refractivity contribution in [1.82, 2.24) is 9.97 Å². The van der Waals surface area contributed by atoms with Crippen molar-refractivity contribution in [2.45, 2.75) is 37.2 Å². The standard InChI is InChI=1S/C18H17FN2OS2/c19-13-7-3-1-5-11(13)9-23-10-15-20-17(22)16-12-6-2-4-8-14(12)24-18(16)21-15/h1,3,5,7H,2,4,6,8-10H2,(H,20,21,22). The maximum absolute atomic E-state index is 13.6. The number of H-pyrrole nitrogens is 1. The molecule has 124 valence electrons. The van der Waals surface area contributed by atoms with Gasteiger partial charge >= 0.3 is 0 Å². The second-order valence-corrected chi connectivity index (χ2v) is 8.06. The van der Waals surface area contributed by atoms with Crippen LogP contribution in [0.2, 0.25) is 0 Å². The second-order valence-electron chi connectivity index (χ2n) is 5.99. The van der Waals surface area contributed by atoms with E-state index in [0.29, 0.717) is 22.9 Å². The van der Waals surface area contributed by atoms with Crippen molar-refractivity contribution in [3.8, 4) is 0 Å². The molecule has 2 aromatic heterocycles. The van der Waals surface area contributed by atoms with E-state index in [1.54, 1.807) is 35.2 Å². The van der Waals surface area contributed by atoms with Gasteiger partial charge in [0.2, 0.25) is 0 Å². The van der Waals surface area contributed by atoms with Gasteiger partial charge in [-0.3, -0.25) is 4.79 Å². The third kappa shape index (κ3) is 3.00. The van der Waals surface area contributed by atoms with E-state index in [9.17, 15) is 9.18 Å². The zero-order valence-corrected chi connectivity index (χ0v) is 14.7. The zero-order valence-electron chi connectivity index (χ0n) is 13.1. The van der Waals surface area contributed by atoms with Gasteiger partial charge in [-0.1, -0.05) is 18.2 Å². The van der Waals surface area contributed by atoms with Crippen LogP contribution in [0.15, 0.2) is 29.1 Å². The van der Waals surface area contributed by atoms with E-state index in [0.717, 1.165) is 29.5 Å². The molecule has 1 aromatic carbocycles. The summed E-state index contributed by atoms with van der Waals surface area (Å²) in [6.45, 7) is 0. The Kier molecular flexibility index (Phi) is 4.41. The number of aromatic amines is 1. The Hall–Kier alpha value is -1.66. The average Bonchev–Trinajstić information content (AvgIpc) is 2.95. The SMILES string of the molecule is O=c1[nH]c(CSCc2ccccc2F)nc2sc3c(c12)CCCC3. The van der Waals surface area contributed by atoms with Gasteiger partial charge in [0.05, 0.1) is 11.1 Å². The van der Waals surface area contributed by atoms with Crippen molar-refractivity contribution in [2.24, 2.45) is 0 Å². The second kappa shape index (κ2) is 6.69. The fourth-order valence-corrected chi connectivity index (χ4v) is 5.32. The van der Waals surface area contributed by atoms with Crippen molar-refractivity contribution in [1.29, 1.82) is 0 Å². The summed E-state index contributed by atoms with van der Waals surface area (Å²) in [7, 11) is 0. The summed E-state index contributed by atoms with van der Waals surface area (Å²) in [5, 5.41) is 0.789. The normalized spacial score (nSPS) is 14.0. The van der Waals surface area contributed by atoms with Crippen molar-refractivity contribution < 1.29 is 4.39 Å². The Morgan fingerprint density at radius 2 is 2.04 bits per heavy atom. The number of benzene rings is 1. The summed E-state index contributed by atoms with van der Waals surface area (Å²) >= 11 is 3.22. The highest BCUT2D eigenvalue weighted by atomic mass is 32.2. The number of nitrogens with zero attached hydrogens (tertiary/aromatic N) is 1. The van der Waals surface area contributed by atoms with Crippen LogP contribution in [-0.4, -0.2) is 9.97 Å². The van der Waals surface area contributed by atoms with Gasteiger partial charge in [-0.05, 0) is 42.9 Å². The maximum atomic E-state index is 13.6. The first-order valence-electron chi connectivity index (χ1n) is 8.07. The largest absolute Gasteiger partial charge is 0.309 e. The Balaban J connectivity index is 1.55. The lowest BCUT2D eigenvalue weighted by Gasteiger charge is -2.09. The molecule has 1 aliphatic carbocycles. The number of thioether (sulfide) groups is 1. The number of fused-ring (bicyclic) bond motifs is 3. The van der Waals surface area contributed by atoms with Crippen LogP contribution in [0.25, 0.3) is 10.2 Å². The van der Waals surface area contributed by atoms with Crippen LogP contribution in [0.3, 0.4) is 0 Å². The molecule has 3 nitrogen and oxygen atoms in total. The molecule has 3 aromatic rings. The van der Waals surface area contributed by atoms with Gasteiger partial charge in [0.1, 0.15) is 16.5 Å². The number of nitrogens with one attached hydrogen (secondary N) is 1. The quantitative estimate of drug-likeness (QED) is 0.748. The summed E-state index contributed by atoms with van der Waals surface area (Å²) < 4.78 is 13.6. The van der Waals surface area contributed by atoms with Crippen LogP contribution in [-0.2, 0) is 24.3 Å². The van der Waals surface area contributed by atoms with Gasteiger partial charge in [-0.2, -0.15) is 0 Å². The van der Waals surface area contributed by atoms with Crippen LogP contribution >= 0.6 is 23.1 Å². The van der Waals surface area contributed by atoms with Gasteiger partial charge in [-0.25, -0.2) is 9.37 Å². The average molecular weight is 360 g/mol. The molecule has 6 heteroatoms. The monoisotopic (exact) mass is 360 g/mol. The number of thiophene rings is 1. The molecule has 0 fully saturated rings. The topological polar surface area (TPSA) is 45.8 Å². The van der Waals surface area contributed by atoms with Crippen LogP contribution < -0.4 is 5.56 Å². The Morgan fingerprint density at radius 3 is 2.92 bits per heavy atom. The van der Waals surface area contributed by atoms with Crippen molar-refractivity contribution >= 4 is 33.3 Å². The molecule has 0 spiro atoms. The molecule has 0 bridgehead atoms. The smallest absolute Gasteiger partial charge is 0.259 e. The first kappa shape index (κ1) is 15.8. The van der Waals surface area contributed by atoms with Gasteiger partial charge in [-0.15, -0.1) is 23.1 Å². The van der Waals surface area contributed by atoms with E-state index in [4.69, 9.17) is 0 Å². The molecule has 0 saturated heterocycles. The number of hydrogen-bond donors (Lipinski definition) is 1. The van der Waals surface area contributed by atoms with Crippen LogP contribution in [0.4, 0.5) is 4.39 Å². The maximum Gasteiger partial charge on any atom is 0.259 e. The van der Waals surface area contributed by atoms with E-state index in [-0.39, 0.29) is 11.4 Å². The summed E-state index contributed by atoms with van der Waals surface area (Å²) in [4.78, 5) is 22.2. The molecule has 0 unspecified atom stereocenters. The fraction of sp³-hybridized carbons (Fsp3) is 0.333. The molecule has 0 atom stereocenters. The predicted molar refractivity (Wildman–Crippen MR) is 98.3 cm³/mol. The predicted octanol–water partition coefficient (Wildman–Crippen LogP) is 4.44. The first-order valence-corrected chi connectivity index (χ1v) is 10.0. The van der Waals surface area contributed by atoms with Crippen LogP contribution in [0.5, 0.6) is 0 Å². The fourth-order valence-electron chi connectivity index (χ4n) is 3.15. The number of aromatic nitrogens is 2. The molecule has 24 heavy (non-hydrogen) atoms. The molecular formula is C18H17FN2OS2. The van der Waals surface area contributed by atoms with Crippen LogP contribution in [0.1, 0.15) is 34.7 Å². The molecule has 0 amide bonds. The minimum atomic E-state index is -0.187. The third-order valence-corrected chi connectivity index (χ3v) is 6.51. The van der Waals surface area contributed by atoms with Crippen LogP contribution in [0, 0.1) is 5.82 Å². The van der Waals surface area contributed by atoms with E-state index in [2.05, 4.69) is 9.97 Å². The van der Waals surface area contributed by atoms with Gasteiger partial charge in [0.25, 0.3) is 5.56 Å². The summed E-state index contributed by atoms with van der Waals surface area (Å²) in [5.41, 5.74) is 1.86. The van der Waals surface area contributed by atoms with E-state index < -0.39 is 0 Å². The molecule has 1 aliphatic rings. The Labute approximate surface area is 147 Å². The van der Waals surface area contributed by atoms with E-state index in [1.165, 1.54) is 22.9 Å². The molecule has 1 N–H and O–H groups in total. The number of rotatable bonds is 4. The van der Waals surface area contributed by atoms with Crippen molar-refractivity contribution in [2.75, 3.05) is 0 Å². The van der Waals surface area contributed by atoms with Crippen molar-refractivity contribution in [3.05, 3.63) is 62.3 Å². The summed E-state index contributed by atoms with van der Waals surface area (Å²) in [5.74, 6) is 1.62. The van der Waals surface area contributed by atoms with Gasteiger partial charge in [0, 0.05) is 10.6 Å². The number of halogens is 1. The molecule has 2 heterocycles. The molecular weight excluding hydrogens is 343 g/mol. The highest BCUT2D eigenvalue weighted by molar-refractivity contribution is 7.97.